The zero-order valence-electron chi connectivity index (χ0n) is 22.3. The first-order valence-corrected chi connectivity index (χ1v) is 12.6. The van der Waals surface area contributed by atoms with Gasteiger partial charge in [0.15, 0.2) is 23.0 Å². The van der Waals surface area contributed by atoms with Gasteiger partial charge in [-0.15, -0.1) is 0 Å². The van der Waals surface area contributed by atoms with Gasteiger partial charge in [-0.25, -0.2) is 0 Å². The Labute approximate surface area is 223 Å². The van der Waals surface area contributed by atoms with Crippen LogP contribution in [0.15, 0.2) is 60.7 Å². The summed E-state index contributed by atoms with van der Waals surface area (Å²) in [6.07, 6.45) is 2.34. The quantitative estimate of drug-likeness (QED) is 0.362. The van der Waals surface area contributed by atoms with Crippen LogP contribution in [-0.2, 0) is 11.4 Å². The van der Waals surface area contributed by atoms with Crippen molar-refractivity contribution in [2.45, 2.75) is 38.0 Å². The van der Waals surface area contributed by atoms with Gasteiger partial charge in [0.2, 0.25) is 5.75 Å². The summed E-state index contributed by atoms with van der Waals surface area (Å²) < 4.78 is 28.7. The molecule has 1 aliphatic rings. The summed E-state index contributed by atoms with van der Waals surface area (Å²) in [5, 5.41) is 10.1. The lowest BCUT2D eigenvalue weighted by Crippen LogP contribution is -2.46. The van der Waals surface area contributed by atoms with Crippen molar-refractivity contribution < 1.29 is 33.6 Å². The minimum atomic E-state index is -0.836. The van der Waals surface area contributed by atoms with Gasteiger partial charge in [-0.2, -0.15) is 0 Å². The van der Waals surface area contributed by atoms with E-state index in [9.17, 15) is 9.90 Å². The lowest BCUT2D eigenvalue weighted by Gasteiger charge is -2.40. The Morgan fingerprint density at radius 3 is 2.08 bits per heavy atom. The van der Waals surface area contributed by atoms with Crippen LogP contribution in [-0.4, -0.2) is 57.0 Å². The van der Waals surface area contributed by atoms with E-state index in [0.29, 0.717) is 48.3 Å². The third kappa shape index (κ3) is 5.81. The molecule has 1 fully saturated rings. The molecule has 0 spiro atoms. The fraction of sp³-hybridized carbons (Fsp3) is 0.367. The highest BCUT2D eigenvalue weighted by Crippen LogP contribution is 2.45. The second kappa shape index (κ2) is 12.6. The fourth-order valence-corrected chi connectivity index (χ4v) is 5.06. The van der Waals surface area contributed by atoms with Crippen molar-refractivity contribution >= 4 is 5.97 Å². The van der Waals surface area contributed by atoms with E-state index >= 15 is 0 Å². The molecule has 2 unspecified atom stereocenters. The van der Waals surface area contributed by atoms with Crippen LogP contribution >= 0.6 is 0 Å². The second-order valence-electron chi connectivity index (χ2n) is 9.13. The highest BCUT2D eigenvalue weighted by atomic mass is 16.5. The molecule has 0 amide bonds. The van der Waals surface area contributed by atoms with Crippen molar-refractivity contribution in [2.24, 2.45) is 0 Å². The molecule has 3 aromatic rings. The molecular weight excluding hydrogens is 486 g/mol. The molecule has 3 aromatic carbocycles. The molecule has 0 radical (unpaired) electrons. The summed E-state index contributed by atoms with van der Waals surface area (Å²) in [6.45, 7) is 0.978. The van der Waals surface area contributed by atoms with Crippen molar-refractivity contribution in [1.29, 1.82) is 0 Å². The van der Waals surface area contributed by atoms with Crippen LogP contribution in [0.5, 0.6) is 28.7 Å². The number of carboxylic acids is 1. The number of hydrogen-bond donors (Lipinski definition) is 1. The zero-order chi connectivity index (χ0) is 27.1. The molecule has 8 nitrogen and oxygen atoms in total. The highest BCUT2D eigenvalue weighted by Gasteiger charge is 2.36. The Hall–Kier alpha value is -3.91. The van der Waals surface area contributed by atoms with Gasteiger partial charge < -0.3 is 28.8 Å². The Morgan fingerprint density at radius 1 is 0.842 bits per heavy atom. The number of carbonyl (C=O) groups is 1. The maximum absolute atomic E-state index is 12.3. The van der Waals surface area contributed by atoms with Crippen LogP contribution < -0.4 is 23.7 Å². The number of rotatable bonds is 11. The predicted molar refractivity (Wildman–Crippen MR) is 144 cm³/mol. The number of piperidine rings is 1. The first-order valence-electron chi connectivity index (χ1n) is 12.6. The lowest BCUT2D eigenvalue weighted by atomic mass is 9.91. The maximum atomic E-state index is 12.3. The van der Waals surface area contributed by atoms with Gasteiger partial charge in [0.05, 0.1) is 34.5 Å². The van der Waals surface area contributed by atoms with Gasteiger partial charge in [-0.05, 0) is 60.3 Å². The van der Waals surface area contributed by atoms with E-state index in [0.717, 1.165) is 29.5 Å². The molecule has 1 aliphatic heterocycles. The number of carboxylic acid groups (broad SMARTS) is 1. The summed E-state index contributed by atoms with van der Waals surface area (Å²) in [5.74, 6) is 1.83. The monoisotopic (exact) mass is 521 g/mol. The van der Waals surface area contributed by atoms with Gasteiger partial charge in [-0.1, -0.05) is 42.8 Å². The molecule has 0 bridgehead atoms. The van der Waals surface area contributed by atoms with E-state index in [1.807, 2.05) is 65.6 Å². The van der Waals surface area contributed by atoms with Crippen molar-refractivity contribution in [1.82, 2.24) is 4.90 Å². The van der Waals surface area contributed by atoms with Crippen molar-refractivity contribution in [2.75, 3.05) is 35.0 Å². The third-order valence-electron chi connectivity index (χ3n) is 6.91. The van der Waals surface area contributed by atoms with Gasteiger partial charge in [-0.3, -0.25) is 9.69 Å². The molecule has 0 saturated carbocycles. The number of methoxy groups -OCH3 is 4. The number of aliphatic carboxylic acids is 1. The molecule has 1 saturated heterocycles. The molecule has 0 aliphatic carbocycles. The molecule has 2 atom stereocenters. The Balaban J connectivity index is 1.82. The van der Waals surface area contributed by atoms with Crippen molar-refractivity contribution in [3.63, 3.8) is 0 Å². The lowest BCUT2D eigenvalue weighted by molar-refractivity contribution is -0.145. The summed E-state index contributed by atoms with van der Waals surface area (Å²) in [4.78, 5) is 14.4. The molecular formula is C30H35NO7. The number of nitrogens with zero attached hydrogens (tertiary/aromatic N) is 1. The fourth-order valence-electron chi connectivity index (χ4n) is 5.06. The smallest absolute Gasteiger partial charge is 0.320 e. The third-order valence-corrected chi connectivity index (χ3v) is 6.91. The summed E-state index contributed by atoms with van der Waals surface area (Å²) in [5.41, 5.74) is 2.71. The van der Waals surface area contributed by atoms with Crippen LogP contribution in [0.25, 0.3) is 0 Å². The second-order valence-corrected chi connectivity index (χ2v) is 9.13. The normalized spacial score (nSPS) is 16.4. The maximum Gasteiger partial charge on any atom is 0.320 e. The van der Waals surface area contributed by atoms with Gasteiger partial charge in [0, 0.05) is 0 Å². The Bertz CT molecular complexity index is 1210. The van der Waals surface area contributed by atoms with Crippen LogP contribution in [0.1, 0.15) is 42.0 Å². The standard InChI is InChI=1S/C30H35NO7/c1-34-24-14-13-21(16-25(24)35-2)28(31-15-9-8-12-23(31)30(32)33)22-17-26(36-3)29(27(18-22)37-4)38-19-20-10-6-5-7-11-20/h5-7,10-11,13-14,16-18,23,28H,8-9,12,15,19H2,1-4H3,(H,32,33). The number of likely N-dealkylation sites (tertiary alicyclic amines) is 1. The molecule has 1 heterocycles. The molecule has 4 rings (SSSR count). The van der Waals surface area contributed by atoms with E-state index in [4.69, 9.17) is 23.7 Å². The van der Waals surface area contributed by atoms with Crippen LogP contribution in [0, 0.1) is 0 Å². The van der Waals surface area contributed by atoms with E-state index in [1.54, 1.807) is 28.4 Å². The topological polar surface area (TPSA) is 86.7 Å². The van der Waals surface area contributed by atoms with E-state index in [1.165, 1.54) is 0 Å². The Morgan fingerprint density at radius 2 is 1.47 bits per heavy atom. The van der Waals surface area contributed by atoms with Gasteiger partial charge in [0.1, 0.15) is 12.6 Å². The highest BCUT2D eigenvalue weighted by molar-refractivity contribution is 5.74. The van der Waals surface area contributed by atoms with Crippen molar-refractivity contribution in [3.05, 3.63) is 77.4 Å². The zero-order valence-corrected chi connectivity index (χ0v) is 22.3. The first-order chi connectivity index (χ1) is 18.5. The SMILES string of the molecule is COc1ccc(C(c2cc(OC)c(OCc3ccccc3)c(OC)c2)N2CCCCC2C(=O)O)cc1OC. The predicted octanol–water partition coefficient (Wildman–Crippen LogP) is 5.33. The summed E-state index contributed by atoms with van der Waals surface area (Å²) in [7, 11) is 6.34. The first kappa shape index (κ1) is 27.1. The number of benzene rings is 3. The molecule has 38 heavy (non-hydrogen) atoms. The Kier molecular flexibility index (Phi) is 8.97. The number of hydrogen-bond acceptors (Lipinski definition) is 7. The largest absolute Gasteiger partial charge is 0.493 e. The van der Waals surface area contributed by atoms with Gasteiger partial charge in [0.25, 0.3) is 0 Å². The van der Waals surface area contributed by atoms with Gasteiger partial charge >= 0.3 is 5.97 Å². The molecule has 1 N–H and O–H groups in total. The van der Waals surface area contributed by atoms with Crippen LogP contribution in [0.4, 0.5) is 0 Å². The average molecular weight is 522 g/mol. The van der Waals surface area contributed by atoms with Crippen molar-refractivity contribution in [3.8, 4) is 28.7 Å². The summed E-state index contributed by atoms with van der Waals surface area (Å²) in [6, 6.07) is 18.3. The number of ether oxygens (including phenoxy) is 5. The molecule has 0 aromatic heterocycles. The van der Waals surface area contributed by atoms with Crippen LogP contribution in [0.2, 0.25) is 0 Å². The van der Waals surface area contributed by atoms with E-state index < -0.39 is 18.1 Å². The minimum Gasteiger partial charge on any atom is -0.493 e. The minimum absolute atomic E-state index is 0.346. The van der Waals surface area contributed by atoms with E-state index in [-0.39, 0.29) is 0 Å². The molecule has 8 heteroatoms. The average Bonchev–Trinajstić information content (AvgIpc) is 2.96. The van der Waals surface area contributed by atoms with Crippen LogP contribution in [0.3, 0.4) is 0 Å². The summed E-state index contributed by atoms with van der Waals surface area (Å²) >= 11 is 0. The van der Waals surface area contributed by atoms with E-state index in [2.05, 4.69) is 0 Å². The molecule has 202 valence electrons.